The molecule has 6 heteroatoms. The average Bonchev–Trinajstić information content (AvgIpc) is 4.01. The van der Waals surface area contributed by atoms with Crippen molar-refractivity contribution in [2.45, 2.75) is 0 Å². The maximum absolute atomic E-state index is 5.01. The van der Waals surface area contributed by atoms with E-state index in [1.165, 1.54) is 74.9 Å². The minimum absolute atomic E-state index is 0.659. The maximum Gasteiger partial charge on any atom is 0.164 e. The number of nitrogens with zero attached hydrogens (tertiary/aromatic N) is 5. The van der Waals surface area contributed by atoms with Gasteiger partial charge in [0.25, 0.3) is 0 Å². The molecule has 0 saturated heterocycles. The van der Waals surface area contributed by atoms with Crippen molar-refractivity contribution in [3.8, 4) is 56.7 Å². The largest absolute Gasteiger partial charge is 0.309 e. The summed E-state index contributed by atoms with van der Waals surface area (Å²) in [5.74, 6) is 1.98. The first-order valence-corrected chi connectivity index (χ1v) is 22.0. The molecule has 0 aliphatic rings. The SMILES string of the molecule is c1ccc(-c2nc(-c3ccccc3)nc(-c3ccc4c(c3)sc3cc(-c5ccc6c7ccccc7n(-c7ccc8c9ccccc9n(-c9ccccc9)c8c7)c6c5)ccc34)n2)cc1. The quantitative estimate of drug-likeness (QED) is 0.168. The molecule has 0 unspecified atom stereocenters. The molecule has 4 aromatic heterocycles. The van der Waals surface area contributed by atoms with Crippen molar-refractivity contribution in [2.75, 3.05) is 0 Å². The van der Waals surface area contributed by atoms with Crippen molar-refractivity contribution in [3.05, 3.63) is 212 Å². The van der Waals surface area contributed by atoms with Crippen LogP contribution in [-0.4, -0.2) is 24.1 Å². The molecule has 0 aliphatic heterocycles. The number of para-hydroxylation sites is 3. The molecule has 0 atom stereocenters. The van der Waals surface area contributed by atoms with Gasteiger partial charge in [-0.2, -0.15) is 0 Å². The summed E-state index contributed by atoms with van der Waals surface area (Å²) in [6.07, 6.45) is 0. The number of rotatable bonds is 6. The highest BCUT2D eigenvalue weighted by atomic mass is 32.1. The number of hydrogen-bond acceptors (Lipinski definition) is 4. The van der Waals surface area contributed by atoms with Crippen LogP contribution in [0.1, 0.15) is 0 Å². The van der Waals surface area contributed by atoms with Gasteiger partial charge in [0.2, 0.25) is 0 Å². The second-order valence-corrected chi connectivity index (χ2v) is 17.1. The van der Waals surface area contributed by atoms with E-state index in [-0.39, 0.29) is 0 Å². The summed E-state index contributed by atoms with van der Waals surface area (Å²) < 4.78 is 7.27. The van der Waals surface area contributed by atoms with E-state index in [4.69, 9.17) is 15.0 Å². The van der Waals surface area contributed by atoms with Crippen molar-refractivity contribution in [3.63, 3.8) is 0 Å². The number of aromatic nitrogens is 5. The second kappa shape index (κ2) is 14.2. The topological polar surface area (TPSA) is 48.5 Å². The second-order valence-electron chi connectivity index (χ2n) is 16.0. The molecule has 4 heterocycles. The van der Waals surface area contributed by atoms with Crippen LogP contribution in [0.5, 0.6) is 0 Å². The summed E-state index contributed by atoms with van der Waals surface area (Å²) in [6, 6.07) is 75.8. The molecule has 5 nitrogen and oxygen atoms in total. The van der Waals surface area contributed by atoms with Crippen LogP contribution in [0.25, 0.3) is 120 Å². The lowest BCUT2D eigenvalue weighted by Crippen LogP contribution is -1.99. The molecule has 0 radical (unpaired) electrons. The Morgan fingerprint density at radius 1 is 0.270 bits per heavy atom. The Labute approximate surface area is 366 Å². The fourth-order valence-corrected chi connectivity index (χ4v) is 10.6. The number of fused-ring (bicyclic) bond motifs is 9. The zero-order chi connectivity index (χ0) is 41.4. The van der Waals surface area contributed by atoms with Crippen LogP contribution < -0.4 is 0 Å². The number of thiophene rings is 1. The van der Waals surface area contributed by atoms with Crippen LogP contribution in [0.3, 0.4) is 0 Å². The molecule has 0 amide bonds. The molecule has 63 heavy (non-hydrogen) atoms. The number of hydrogen-bond donors (Lipinski definition) is 0. The molecule has 0 fully saturated rings. The van der Waals surface area contributed by atoms with Crippen molar-refractivity contribution >= 4 is 75.1 Å². The third-order valence-corrected chi connectivity index (χ3v) is 13.5. The van der Waals surface area contributed by atoms with Crippen LogP contribution >= 0.6 is 11.3 Å². The van der Waals surface area contributed by atoms with Crippen LogP contribution in [0.4, 0.5) is 0 Å². The Morgan fingerprint density at radius 2 is 0.683 bits per heavy atom. The van der Waals surface area contributed by atoms with Gasteiger partial charge in [-0.15, -0.1) is 11.3 Å². The van der Waals surface area contributed by atoms with Gasteiger partial charge in [-0.1, -0.05) is 158 Å². The van der Waals surface area contributed by atoms with Gasteiger partial charge in [0.15, 0.2) is 17.5 Å². The van der Waals surface area contributed by atoms with Crippen molar-refractivity contribution in [1.82, 2.24) is 24.1 Å². The van der Waals surface area contributed by atoms with Gasteiger partial charge in [0, 0.05) is 69.8 Å². The highest BCUT2D eigenvalue weighted by Crippen LogP contribution is 2.41. The molecule has 0 bridgehead atoms. The van der Waals surface area contributed by atoms with Crippen LogP contribution in [0.15, 0.2) is 212 Å². The van der Waals surface area contributed by atoms with E-state index in [0.717, 1.165) is 28.1 Å². The molecule has 13 rings (SSSR count). The van der Waals surface area contributed by atoms with Gasteiger partial charge in [-0.25, -0.2) is 15.0 Å². The van der Waals surface area contributed by atoms with Crippen molar-refractivity contribution in [1.29, 1.82) is 0 Å². The fourth-order valence-electron chi connectivity index (χ4n) is 9.41. The molecule has 0 spiro atoms. The van der Waals surface area contributed by atoms with Crippen molar-refractivity contribution < 1.29 is 0 Å². The van der Waals surface area contributed by atoms with Crippen LogP contribution in [-0.2, 0) is 0 Å². The highest BCUT2D eigenvalue weighted by Gasteiger charge is 2.18. The molecule has 13 aromatic rings. The Hall–Kier alpha value is -8.19. The van der Waals surface area contributed by atoms with Crippen LogP contribution in [0, 0.1) is 0 Å². The molecule has 0 N–H and O–H groups in total. The summed E-state index contributed by atoms with van der Waals surface area (Å²) in [5.41, 5.74) is 12.3. The van der Waals surface area contributed by atoms with Gasteiger partial charge in [-0.3, -0.25) is 0 Å². The average molecular weight is 822 g/mol. The molecular formula is C57H35N5S. The first-order valence-electron chi connectivity index (χ1n) is 21.2. The van der Waals surface area contributed by atoms with E-state index in [1.54, 1.807) is 0 Å². The summed E-state index contributed by atoms with van der Waals surface area (Å²) >= 11 is 1.81. The summed E-state index contributed by atoms with van der Waals surface area (Å²) in [7, 11) is 0. The number of benzene rings is 9. The zero-order valence-corrected chi connectivity index (χ0v) is 34.7. The Kier molecular flexibility index (Phi) is 8.01. The highest BCUT2D eigenvalue weighted by molar-refractivity contribution is 7.25. The Balaban J connectivity index is 0.931. The molecule has 0 aliphatic carbocycles. The van der Waals surface area contributed by atoms with E-state index in [1.807, 2.05) is 72.0 Å². The minimum Gasteiger partial charge on any atom is -0.309 e. The van der Waals surface area contributed by atoms with E-state index < -0.39 is 0 Å². The van der Waals surface area contributed by atoms with E-state index in [9.17, 15) is 0 Å². The predicted molar refractivity (Wildman–Crippen MR) is 263 cm³/mol. The van der Waals surface area contributed by atoms with E-state index >= 15 is 0 Å². The van der Waals surface area contributed by atoms with Gasteiger partial charge in [0.05, 0.1) is 22.1 Å². The monoisotopic (exact) mass is 821 g/mol. The van der Waals surface area contributed by atoms with Gasteiger partial charge in [0.1, 0.15) is 0 Å². The smallest absolute Gasteiger partial charge is 0.164 e. The van der Waals surface area contributed by atoms with Gasteiger partial charge < -0.3 is 9.13 Å². The zero-order valence-electron chi connectivity index (χ0n) is 33.9. The first-order chi connectivity index (χ1) is 31.2. The van der Waals surface area contributed by atoms with Crippen molar-refractivity contribution in [2.24, 2.45) is 0 Å². The lowest BCUT2D eigenvalue weighted by molar-refractivity contribution is 1.07. The Morgan fingerprint density at radius 3 is 1.29 bits per heavy atom. The normalized spacial score (nSPS) is 11.8. The third-order valence-electron chi connectivity index (χ3n) is 12.4. The summed E-state index contributed by atoms with van der Waals surface area (Å²) in [6.45, 7) is 0. The van der Waals surface area contributed by atoms with Crippen LogP contribution in [0.2, 0.25) is 0 Å². The standard InChI is InChI=1S/C57H35N5S/c1-4-14-36(15-5-1)55-58-56(37-16-6-2-7-17-37)60-57(59-55)40-26-30-48-47-29-25-39(33-53(47)63-54(48)34-40)38-24-28-45-43-20-11-13-23-50(43)62(51(45)32-38)42-27-31-46-44-21-10-12-22-49(44)61(52(46)35-42)41-18-8-3-9-19-41/h1-35H. The van der Waals surface area contributed by atoms with Gasteiger partial charge in [-0.05, 0) is 65.7 Å². The summed E-state index contributed by atoms with van der Waals surface area (Å²) in [4.78, 5) is 14.9. The molecule has 294 valence electrons. The molecule has 0 saturated carbocycles. The maximum atomic E-state index is 5.01. The lowest BCUT2D eigenvalue weighted by atomic mass is 10.0. The minimum atomic E-state index is 0.659. The Bertz CT molecular complexity index is 3850. The summed E-state index contributed by atoms with van der Waals surface area (Å²) in [5, 5.41) is 7.44. The molecule has 9 aromatic carbocycles. The lowest BCUT2D eigenvalue weighted by Gasteiger charge is -2.12. The fraction of sp³-hybridized carbons (Fsp3) is 0. The third kappa shape index (κ3) is 5.80. The van der Waals surface area contributed by atoms with Gasteiger partial charge >= 0.3 is 0 Å². The molecular weight excluding hydrogens is 787 g/mol. The van der Waals surface area contributed by atoms with E-state index in [2.05, 4.69) is 161 Å². The first kappa shape index (κ1) is 35.6. The van der Waals surface area contributed by atoms with E-state index in [0.29, 0.717) is 17.5 Å². The predicted octanol–water partition coefficient (Wildman–Crippen LogP) is 15.1.